The summed E-state index contributed by atoms with van der Waals surface area (Å²) in [5.74, 6) is 0. The van der Waals surface area contributed by atoms with Crippen LogP contribution in [0.25, 0.3) is 0 Å². The summed E-state index contributed by atoms with van der Waals surface area (Å²) in [7, 11) is 1.86. The molecule has 1 aromatic heterocycles. The van der Waals surface area contributed by atoms with Gasteiger partial charge in [0.2, 0.25) is 0 Å². The number of hydrogen-bond donors (Lipinski definition) is 2. The summed E-state index contributed by atoms with van der Waals surface area (Å²) < 4.78 is 1.76. The van der Waals surface area contributed by atoms with Crippen LogP contribution in [0, 0.1) is 0 Å². The molecule has 4 heteroatoms. The van der Waals surface area contributed by atoms with Crippen LogP contribution in [0.4, 0.5) is 0 Å². The molecular weight excluding hydrogens is 142 g/mol. The number of nitrogens with one attached hydrogen (secondary N) is 1. The van der Waals surface area contributed by atoms with Crippen LogP contribution in [0.3, 0.4) is 0 Å². The maximum Gasteiger partial charge on any atom is 0.0853 e. The maximum absolute atomic E-state index is 8.98. The molecule has 2 N–H and O–H groups in total. The van der Waals surface area contributed by atoms with E-state index >= 15 is 0 Å². The molecule has 0 spiro atoms. The van der Waals surface area contributed by atoms with Gasteiger partial charge in [-0.05, 0) is 0 Å². The first kappa shape index (κ1) is 6.82. The molecule has 1 aliphatic heterocycles. The van der Waals surface area contributed by atoms with Gasteiger partial charge in [-0.25, -0.2) is 0 Å². The Bertz CT molecular complexity index is 279. The van der Waals surface area contributed by atoms with E-state index in [0.717, 1.165) is 24.5 Å². The van der Waals surface area contributed by atoms with E-state index in [0.29, 0.717) is 0 Å². The number of aliphatic hydroxyl groups excluding tert-OH is 1. The van der Waals surface area contributed by atoms with Crippen LogP contribution in [-0.2, 0) is 26.7 Å². The number of aromatic nitrogens is 2. The van der Waals surface area contributed by atoms with Gasteiger partial charge in [-0.15, -0.1) is 0 Å². The minimum Gasteiger partial charge on any atom is -0.390 e. The molecule has 60 valence electrons. The molecule has 0 bridgehead atoms. The van der Waals surface area contributed by atoms with Crippen molar-refractivity contribution in [3.8, 4) is 0 Å². The number of aryl methyl sites for hydroxylation is 1. The highest BCUT2D eigenvalue weighted by Crippen LogP contribution is 2.17. The van der Waals surface area contributed by atoms with Crippen molar-refractivity contribution in [2.24, 2.45) is 7.05 Å². The van der Waals surface area contributed by atoms with Crippen LogP contribution in [0.5, 0.6) is 0 Å². The van der Waals surface area contributed by atoms with Gasteiger partial charge in [-0.3, -0.25) is 4.68 Å². The largest absolute Gasteiger partial charge is 0.390 e. The molecular formula is C7H11N3O. The van der Waals surface area contributed by atoms with Crippen LogP contribution in [-0.4, -0.2) is 14.9 Å². The third kappa shape index (κ3) is 0.868. The average molecular weight is 153 g/mol. The second kappa shape index (κ2) is 2.32. The zero-order valence-corrected chi connectivity index (χ0v) is 6.46. The van der Waals surface area contributed by atoms with Gasteiger partial charge in [0.05, 0.1) is 18.0 Å². The summed E-state index contributed by atoms with van der Waals surface area (Å²) in [6.45, 7) is 1.77. The molecule has 1 aromatic rings. The van der Waals surface area contributed by atoms with E-state index in [1.807, 2.05) is 7.05 Å². The Hall–Kier alpha value is -0.870. The van der Waals surface area contributed by atoms with Crippen LogP contribution >= 0.6 is 0 Å². The van der Waals surface area contributed by atoms with Crippen LogP contribution in [0.2, 0.25) is 0 Å². The smallest absolute Gasteiger partial charge is 0.0853 e. The molecule has 2 heterocycles. The normalized spacial score (nSPS) is 15.5. The summed E-state index contributed by atoms with van der Waals surface area (Å²) in [6, 6.07) is 0. The molecule has 2 rings (SSSR count). The topological polar surface area (TPSA) is 50.1 Å². The van der Waals surface area contributed by atoms with Gasteiger partial charge >= 0.3 is 0 Å². The van der Waals surface area contributed by atoms with E-state index in [1.54, 1.807) is 4.68 Å². The number of rotatable bonds is 1. The number of hydrogen-bond acceptors (Lipinski definition) is 3. The van der Waals surface area contributed by atoms with Gasteiger partial charge < -0.3 is 10.4 Å². The lowest BCUT2D eigenvalue weighted by atomic mass is 10.2. The quantitative estimate of drug-likeness (QED) is 0.572. The highest BCUT2D eigenvalue weighted by molar-refractivity contribution is 5.28. The lowest BCUT2D eigenvalue weighted by Crippen LogP contribution is -2.07. The van der Waals surface area contributed by atoms with Crippen molar-refractivity contribution in [2.75, 3.05) is 0 Å². The predicted molar refractivity (Wildman–Crippen MR) is 39.7 cm³/mol. The molecule has 0 saturated heterocycles. The van der Waals surface area contributed by atoms with Gasteiger partial charge in [0, 0.05) is 25.7 Å². The molecule has 0 aliphatic carbocycles. The van der Waals surface area contributed by atoms with E-state index in [1.165, 1.54) is 5.56 Å². The lowest BCUT2D eigenvalue weighted by Gasteiger charge is -1.99. The van der Waals surface area contributed by atoms with Crippen molar-refractivity contribution in [2.45, 2.75) is 19.7 Å². The Morgan fingerprint density at radius 2 is 2.45 bits per heavy atom. The molecule has 0 saturated carbocycles. The van der Waals surface area contributed by atoms with E-state index in [-0.39, 0.29) is 6.61 Å². The highest BCUT2D eigenvalue weighted by atomic mass is 16.3. The van der Waals surface area contributed by atoms with Crippen LogP contribution in [0.1, 0.15) is 17.0 Å². The Kier molecular flexibility index (Phi) is 1.44. The fourth-order valence-corrected chi connectivity index (χ4v) is 1.51. The van der Waals surface area contributed by atoms with E-state index in [9.17, 15) is 0 Å². The molecule has 0 unspecified atom stereocenters. The third-order valence-corrected chi connectivity index (χ3v) is 2.10. The van der Waals surface area contributed by atoms with Gasteiger partial charge in [-0.1, -0.05) is 0 Å². The Morgan fingerprint density at radius 3 is 3.18 bits per heavy atom. The second-order valence-electron chi connectivity index (χ2n) is 2.76. The summed E-state index contributed by atoms with van der Waals surface area (Å²) in [5.41, 5.74) is 3.19. The highest BCUT2D eigenvalue weighted by Gasteiger charge is 2.18. The monoisotopic (exact) mass is 153 g/mol. The number of nitrogens with zero attached hydrogens (tertiary/aromatic N) is 2. The van der Waals surface area contributed by atoms with Crippen molar-refractivity contribution in [3.05, 3.63) is 17.0 Å². The standard InChI is InChI=1S/C7H11N3O/c1-10-7(4-11)5-2-8-3-6(5)9-10/h8,11H,2-4H2,1H3. The fourth-order valence-electron chi connectivity index (χ4n) is 1.51. The third-order valence-electron chi connectivity index (χ3n) is 2.10. The van der Waals surface area contributed by atoms with Crippen molar-refractivity contribution >= 4 is 0 Å². The van der Waals surface area contributed by atoms with Gasteiger partial charge in [0.1, 0.15) is 0 Å². The van der Waals surface area contributed by atoms with Crippen molar-refractivity contribution < 1.29 is 5.11 Å². The molecule has 1 aliphatic rings. The molecule has 0 aromatic carbocycles. The summed E-state index contributed by atoms with van der Waals surface area (Å²) in [4.78, 5) is 0. The van der Waals surface area contributed by atoms with Crippen molar-refractivity contribution in [3.63, 3.8) is 0 Å². The maximum atomic E-state index is 8.98. The van der Waals surface area contributed by atoms with Crippen LogP contribution < -0.4 is 5.32 Å². The van der Waals surface area contributed by atoms with Gasteiger partial charge in [-0.2, -0.15) is 5.10 Å². The molecule has 0 fully saturated rings. The predicted octanol–water partition coefficient (Wildman–Crippen LogP) is -0.484. The van der Waals surface area contributed by atoms with Crippen molar-refractivity contribution in [1.82, 2.24) is 15.1 Å². The number of aliphatic hydroxyl groups is 1. The minimum atomic E-state index is 0.0838. The Morgan fingerprint density at radius 1 is 1.64 bits per heavy atom. The summed E-state index contributed by atoms with van der Waals surface area (Å²) in [5, 5.41) is 16.4. The molecule has 0 atom stereocenters. The molecule has 0 radical (unpaired) electrons. The molecule has 11 heavy (non-hydrogen) atoms. The van der Waals surface area contributed by atoms with Gasteiger partial charge in [0.25, 0.3) is 0 Å². The Balaban J connectivity index is 2.52. The minimum absolute atomic E-state index is 0.0838. The zero-order chi connectivity index (χ0) is 7.84. The lowest BCUT2D eigenvalue weighted by molar-refractivity contribution is 0.269. The van der Waals surface area contributed by atoms with Crippen LogP contribution in [0.15, 0.2) is 0 Å². The first-order valence-corrected chi connectivity index (χ1v) is 3.68. The van der Waals surface area contributed by atoms with E-state index in [4.69, 9.17) is 5.11 Å². The van der Waals surface area contributed by atoms with Crippen molar-refractivity contribution in [1.29, 1.82) is 0 Å². The molecule has 0 amide bonds. The SMILES string of the molecule is Cn1nc2c(c1CO)CNC2. The first-order chi connectivity index (χ1) is 5.33. The fraction of sp³-hybridized carbons (Fsp3) is 0.571. The summed E-state index contributed by atoms with van der Waals surface area (Å²) in [6.07, 6.45) is 0. The van der Waals surface area contributed by atoms with Gasteiger partial charge in [0.15, 0.2) is 0 Å². The average Bonchev–Trinajstić information content (AvgIpc) is 2.46. The van der Waals surface area contributed by atoms with E-state index in [2.05, 4.69) is 10.4 Å². The van der Waals surface area contributed by atoms with E-state index < -0.39 is 0 Å². The molecule has 4 nitrogen and oxygen atoms in total. The second-order valence-corrected chi connectivity index (χ2v) is 2.76. The number of fused-ring (bicyclic) bond motifs is 1. The zero-order valence-electron chi connectivity index (χ0n) is 6.46. The first-order valence-electron chi connectivity index (χ1n) is 3.68. The summed E-state index contributed by atoms with van der Waals surface area (Å²) >= 11 is 0. The Labute approximate surface area is 64.8 Å².